The van der Waals surface area contributed by atoms with Crippen molar-refractivity contribution in [1.82, 2.24) is 0 Å². The summed E-state index contributed by atoms with van der Waals surface area (Å²) < 4.78 is 20.8. The second-order valence-corrected chi connectivity index (χ2v) is 5.61. The SMILES string of the molecule is C=C1OC(C)(C)C(C)(C)O1.C=C1OC(C)C(C)O1. The van der Waals surface area contributed by atoms with Crippen LogP contribution in [0.1, 0.15) is 41.5 Å². The number of hydrogen-bond donors (Lipinski definition) is 0. The second-order valence-electron chi connectivity index (χ2n) is 5.61. The van der Waals surface area contributed by atoms with Gasteiger partial charge in [-0.25, -0.2) is 0 Å². The normalized spacial score (nSPS) is 31.4. The Hall–Kier alpha value is -1.32. The van der Waals surface area contributed by atoms with Crippen LogP contribution in [0.25, 0.3) is 0 Å². The van der Waals surface area contributed by atoms with Crippen molar-refractivity contribution in [2.75, 3.05) is 0 Å². The van der Waals surface area contributed by atoms with E-state index in [1.807, 2.05) is 41.5 Å². The van der Waals surface area contributed by atoms with Crippen LogP contribution in [0, 0.1) is 0 Å². The first kappa shape index (κ1) is 14.7. The topological polar surface area (TPSA) is 36.9 Å². The molecule has 0 aromatic carbocycles. The third-order valence-electron chi connectivity index (χ3n) is 3.48. The summed E-state index contributed by atoms with van der Waals surface area (Å²) in [5.41, 5.74) is -0.520. The van der Waals surface area contributed by atoms with Gasteiger partial charge in [0.25, 0.3) is 11.9 Å². The van der Waals surface area contributed by atoms with Crippen LogP contribution in [-0.4, -0.2) is 23.4 Å². The van der Waals surface area contributed by atoms with Gasteiger partial charge in [0.05, 0.1) is 0 Å². The van der Waals surface area contributed by atoms with Crippen molar-refractivity contribution in [3.8, 4) is 0 Å². The molecule has 4 heteroatoms. The van der Waals surface area contributed by atoms with E-state index in [2.05, 4.69) is 13.2 Å². The zero-order chi connectivity index (χ0) is 14.1. The highest BCUT2D eigenvalue weighted by Gasteiger charge is 2.47. The van der Waals surface area contributed by atoms with Gasteiger partial charge in [0.2, 0.25) is 0 Å². The maximum absolute atomic E-state index is 5.35. The fourth-order valence-electron chi connectivity index (χ4n) is 1.47. The van der Waals surface area contributed by atoms with Crippen LogP contribution in [0.4, 0.5) is 0 Å². The average molecular weight is 256 g/mol. The van der Waals surface area contributed by atoms with Crippen molar-refractivity contribution in [1.29, 1.82) is 0 Å². The van der Waals surface area contributed by atoms with Crippen LogP contribution in [0.2, 0.25) is 0 Å². The van der Waals surface area contributed by atoms with Crippen LogP contribution in [-0.2, 0) is 18.9 Å². The molecule has 0 aromatic heterocycles. The van der Waals surface area contributed by atoms with E-state index in [1.54, 1.807) is 0 Å². The Bertz CT molecular complexity index is 314. The van der Waals surface area contributed by atoms with Gasteiger partial charge in [-0.1, -0.05) is 0 Å². The van der Waals surface area contributed by atoms with E-state index in [4.69, 9.17) is 18.9 Å². The van der Waals surface area contributed by atoms with Crippen LogP contribution in [0.15, 0.2) is 25.0 Å². The van der Waals surface area contributed by atoms with E-state index in [0.29, 0.717) is 11.9 Å². The Morgan fingerprint density at radius 3 is 1.22 bits per heavy atom. The minimum atomic E-state index is -0.260. The molecule has 2 saturated heterocycles. The van der Waals surface area contributed by atoms with Gasteiger partial charge in [-0.15, -0.1) is 0 Å². The lowest BCUT2D eigenvalue weighted by Gasteiger charge is -2.28. The molecule has 2 aliphatic heterocycles. The Kier molecular flexibility index (Phi) is 3.89. The highest BCUT2D eigenvalue weighted by atomic mass is 16.7. The summed E-state index contributed by atoms with van der Waals surface area (Å²) in [5.74, 6) is 0.875. The summed E-state index contributed by atoms with van der Waals surface area (Å²) >= 11 is 0. The largest absolute Gasteiger partial charge is 0.459 e. The molecule has 0 radical (unpaired) electrons. The molecule has 0 saturated carbocycles. The first-order valence-electron chi connectivity index (χ1n) is 6.14. The minimum Gasteiger partial charge on any atom is -0.459 e. The molecule has 4 nitrogen and oxygen atoms in total. The van der Waals surface area contributed by atoms with Gasteiger partial charge in [0, 0.05) is 0 Å². The smallest absolute Gasteiger partial charge is 0.272 e. The lowest BCUT2D eigenvalue weighted by Crippen LogP contribution is -2.41. The molecule has 2 unspecified atom stereocenters. The number of rotatable bonds is 0. The molecule has 2 fully saturated rings. The zero-order valence-electron chi connectivity index (χ0n) is 12.2. The van der Waals surface area contributed by atoms with Crippen molar-refractivity contribution >= 4 is 0 Å². The van der Waals surface area contributed by atoms with Crippen molar-refractivity contribution < 1.29 is 18.9 Å². The second kappa shape index (κ2) is 4.75. The highest BCUT2D eigenvalue weighted by Crippen LogP contribution is 2.39. The molecule has 2 atom stereocenters. The summed E-state index contributed by atoms with van der Waals surface area (Å²) in [6, 6.07) is 0. The van der Waals surface area contributed by atoms with Crippen molar-refractivity contribution in [2.45, 2.75) is 65.0 Å². The summed E-state index contributed by atoms with van der Waals surface area (Å²) in [7, 11) is 0. The first-order chi connectivity index (χ1) is 8.05. The summed E-state index contributed by atoms with van der Waals surface area (Å²) in [6.07, 6.45) is 0.338. The molecule has 0 bridgehead atoms. The van der Waals surface area contributed by atoms with Crippen molar-refractivity contribution in [3.63, 3.8) is 0 Å². The maximum atomic E-state index is 5.35. The van der Waals surface area contributed by atoms with Crippen molar-refractivity contribution in [3.05, 3.63) is 25.0 Å². The van der Waals surface area contributed by atoms with E-state index in [1.165, 1.54) is 0 Å². The predicted molar refractivity (Wildman–Crippen MR) is 69.7 cm³/mol. The molecule has 0 aromatic rings. The van der Waals surface area contributed by atoms with Gasteiger partial charge in [0.1, 0.15) is 23.4 Å². The van der Waals surface area contributed by atoms with Crippen LogP contribution in [0.3, 0.4) is 0 Å². The third kappa shape index (κ3) is 3.12. The minimum absolute atomic E-state index is 0.169. The summed E-state index contributed by atoms with van der Waals surface area (Å²) in [5, 5.41) is 0. The van der Waals surface area contributed by atoms with E-state index < -0.39 is 0 Å². The molecule has 18 heavy (non-hydrogen) atoms. The number of hydrogen-bond acceptors (Lipinski definition) is 4. The predicted octanol–water partition coefficient (Wildman–Crippen LogP) is 3.34. The van der Waals surface area contributed by atoms with E-state index in [9.17, 15) is 0 Å². The summed E-state index contributed by atoms with van der Waals surface area (Å²) in [4.78, 5) is 0. The molecular formula is C14H24O4. The van der Waals surface area contributed by atoms with Crippen LogP contribution >= 0.6 is 0 Å². The molecule has 0 amide bonds. The molecule has 104 valence electrons. The molecule has 0 spiro atoms. The molecule has 2 aliphatic rings. The van der Waals surface area contributed by atoms with Gasteiger partial charge in [0.15, 0.2) is 0 Å². The lowest BCUT2D eigenvalue weighted by molar-refractivity contribution is 0.00578. The van der Waals surface area contributed by atoms with Gasteiger partial charge < -0.3 is 18.9 Å². The Morgan fingerprint density at radius 2 is 1.11 bits per heavy atom. The quantitative estimate of drug-likeness (QED) is 0.666. The van der Waals surface area contributed by atoms with Gasteiger partial charge in [-0.05, 0) is 54.7 Å². The van der Waals surface area contributed by atoms with E-state index in [-0.39, 0.29) is 23.4 Å². The zero-order valence-corrected chi connectivity index (χ0v) is 12.2. The monoisotopic (exact) mass is 256 g/mol. The number of ether oxygens (including phenoxy) is 4. The third-order valence-corrected chi connectivity index (χ3v) is 3.48. The first-order valence-corrected chi connectivity index (χ1v) is 6.14. The Balaban J connectivity index is 0.000000184. The summed E-state index contributed by atoms with van der Waals surface area (Å²) in [6.45, 7) is 19.0. The molecule has 2 heterocycles. The highest BCUT2D eigenvalue weighted by molar-refractivity contribution is 5.00. The fourth-order valence-corrected chi connectivity index (χ4v) is 1.47. The van der Waals surface area contributed by atoms with E-state index in [0.717, 1.165) is 0 Å². The van der Waals surface area contributed by atoms with Crippen molar-refractivity contribution in [2.24, 2.45) is 0 Å². The Morgan fingerprint density at radius 1 is 0.778 bits per heavy atom. The van der Waals surface area contributed by atoms with Gasteiger partial charge in [-0.2, -0.15) is 0 Å². The molecule has 0 aliphatic carbocycles. The molecule has 2 rings (SSSR count). The maximum Gasteiger partial charge on any atom is 0.272 e. The fraction of sp³-hybridized carbons (Fsp3) is 0.714. The Labute approximate surface area is 110 Å². The molecule has 0 N–H and O–H groups in total. The average Bonchev–Trinajstić information content (AvgIpc) is 2.50. The lowest BCUT2D eigenvalue weighted by atomic mass is 9.90. The van der Waals surface area contributed by atoms with Gasteiger partial charge >= 0.3 is 0 Å². The molecular weight excluding hydrogens is 232 g/mol. The standard InChI is InChI=1S/C8H14O2.C6H10O2/c1-6-9-7(2,3)8(4,5)10-6;1-4-5(2)8-6(3)7-4/h1H2,2-5H3;4-5H,3H2,1-2H3. The van der Waals surface area contributed by atoms with Gasteiger partial charge in [-0.3, -0.25) is 0 Å². The van der Waals surface area contributed by atoms with E-state index >= 15 is 0 Å². The van der Waals surface area contributed by atoms with Crippen LogP contribution < -0.4 is 0 Å². The van der Waals surface area contributed by atoms with Crippen LogP contribution in [0.5, 0.6) is 0 Å².